The molecule has 0 unspecified atom stereocenters. The molecular weight excluding hydrogens is 376 g/mol. The number of nitro groups is 1. The van der Waals surface area contributed by atoms with Crippen molar-refractivity contribution in [3.8, 4) is 0 Å². The number of carbonyl (C=O) groups excluding carboxylic acids is 2. The molecule has 2 rings (SSSR count). The molecule has 0 aliphatic rings. The Labute approximate surface area is 157 Å². The summed E-state index contributed by atoms with van der Waals surface area (Å²) < 4.78 is 5.92. The number of pyridine rings is 1. The van der Waals surface area contributed by atoms with Gasteiger partial charge in [-0.15, -0.1) is 0 Å². The van der Waals surface area contributed by atoms with Crippen molar-refractivity contribution in [2.24, 2.45) is 0 Å². The lowest BCUT2D eigenvalue weighted by Crippen LogP contribution is -2.30. The van der Waals surface area contributed by atoms with E-state index in [1.807, 2.05) is 0 Å². The molecule has 2 aromatic heterocycles. The summed E-state index contributed by atoms with van der Waals surface area (Å²) in [7, 11) is 0. The van der Waals surface area contributed by atoms with Crippen molar-refractivity contribution in [3.05, 3.63) is 61.5 Å². The quantitative estimate of drug-likeness (QED) is 0.329. The normalized spacial score (nSPS) is 10.3. The van der Waals surface area contributed by atoms with Crippen LogP contribution in [0.15, 0.2) is 29.6 Å². The van der Waals surface area contributed by atoms with Gasteiger partial charge in [0.25, 0.3) is 0 Å². The molecule has 0 saturated heterocycles. The van der Waals surface area contributed by atoms with Gasteiger partial charge in [0.15, 0.2) is 5.13 Å². The number of anilines is 1. The molecule has 0 fully saturated rings. The number of hydrogen-bond acceptors (Lipinski definition) is 8. The summed E-state index contributed by atoms with van der Waals surface area (Å²) >= 11 is 0.926. The lowest BCUT2D eigenvalue weighted by Gasteiger charge is -2.08. The Kier molecular flexibility index (Phi) is 6.19. The van der Waals surface area contributed by atoms with Crippen molar-refractivity contribution in [1.29, 1.82) is 0 Å². The summed E-state index contributed by atoms with van der Waals surface area (Å²) in [6, 6.07) is 2.48. The van der Waals surface area contributed by atoms with Crippen LogP contribution in [0.2, 0.25) is 0 Å². The minimum Gasteiger partial charge on any atom is -0.457 e. The van der Waals surface area contributed by atoms with Crippen LogP contribution < -0.4 is 10.9 Å². The largest absolute Gasteiger partial charge is 0.457 e. The molecule has 0 spiro atoms. The van der Waals surface area contributed by atoms with E-state index in [1.54, 1.807) is 13.8 Å². The maximum Gasteiger partial charge on any atom is 0.350 e. The van der Waals surface area contributed by atoms with Crippen LogP contribution in [-0.4, -0.2) is 33.0 Å². The topological polar surface area (TPSA) is 133 Å². The summed E-state index contributed by atoms with van der Waals surface area (Å²) in [4.78, 5) is 50.6. The zero-order chi connectivity index (χ0) is 20.1. The van der Waals surface area contributed by atoms with Gasteiger partial charge in [-0.25, -0.2) is 9.78 Å². The second kappa shape index (κ2) is 8.36. The molecule has 2 aromatic rings. The molecule has 0 aromatic carbocycles. The average molecular weight is 392 g/mol. The van der Waals surface area contributed by atoms with Gasteiger partial charge >= 0.3 is 17.2 Å². The maximum atomic E-state index is 12.2. The number of hydrogen-bond donors (Lipinski definition) is 1. The summed E-state index contributed by atoms with van der Waals surface area (Å²) in [6.07, 6.45) is 1.43. The van der Waals surface area contributed by atoms with Gasteiger partial charge in [0.2, 0.25) is 5.91 Å². The van der Waals surface area contributed by atoms with Crippen LogP contribution in [0.25, 0.3) is 0 Å². The van der Waals surface area contributed by atoms with Gasteiger partial charge in [-0.1, -0.05) is 24.0 Å². The average Bonchev–Trinajstić information content (AvgIpc) is 2.96. The zero-order valence-corrected chi connectivity index (χ0v) is 15.4. The van der Waals surface area contributed by atoms with Crippen LogP contribution in [0.1, 0.15) is 21.1 Å². The van der Waals surface area contributed by atoms with E-state index in [0.29, 0.717) is 11.4 Å². The lowest BCUT2D eigenvalue weighted by molar-refractivity contribution is -0.386. The van der Waals surface area contributed by atoms with Crippen molar-refractivity contribution in [3.63, 3.8) is 0 Å². The molecule has 27 heavy (non-hydrogen) atoms. The van der Waals surface area contributed by atoms with E-state index in [1.165, 1.54) is 12.1 Å². The van der Waals surface area contributed by atoms with Crippen LogP contribution >= 0.6 is 11.3 Å². The van der Waals surface area contributed by atoms with E-state index >= 15 is 0 Å². The van der Waals surface area contributed by atoms with E-state index in [0.717, 1.165) is 22.0 Å². The Hall–Kier alpha value is -3.34. The fourth-order valence-corrected chi connectivity index (χ4v) is 3.01. The highest BCUT2D eigenvalue weighted by molar-refractivity contribution is 7.17. The Bertz CT molecular complexity index is 978. The van der Waals surface area contributed by atoms with Gasteiger partial charge in [-0.05, 0) is 19.9 Å². The van der Waals surface area contributed by atoms with Crippen LogP contribution in [0.5, 0.6) is 0 Å². The molecule has 1 N–H and O–H groups in total. The number of nitrogens with zero attached hydrogens (tertiary/aromatic N) is 3. The monoisotopic (exact) mass is 392 g/mol. The minimum atomic E-state index is -0.876. The summed E-state index contributed by atoms with van der Waals surface area (Å²) in [5.74, 6) is -1.20. The third-order valence-corrected chi connectivity index (χ3v) is 4.48. The summed E-state index contributed by atoms with van der Waals surface area (Å²) in [5, 5.41) is 13.5. The molecule has 1 amide bonds. The number of esters is 1. The number of aryl methyl sites for hydroxylation is 2. The second-order valence-electron chi connectivity index (χ2n) is 5.38. The number of rotatable bonds is 7. The molecule has 0 aliphatic heterocycles. The Morgan fingerprint density at radius 3 is 2.78 bits per heavy atom. The molecule has 11 heteroatoms. The SMILES string of the molecule is C=CCOC(=O)c1sc(NC(=O)Cn2c(C)ccc([N+](=O)[O-])c2=O)nc1C. The number of nitrogens with one attached hydrogen (secondary N) is 1. The molecular formula is C16H16N4O6S. The van der Waals surface area contributed by atoms with E-state index in [2.05, 4.69) is 16.9 Å². The second-order valence-corrected chi connectivity index (χ2v) is 6.38. The van der Waals surface area contributed by atoms with Crippen LogP contribution in [-0.2, 0) is 16.1 Å². The fourth-order valence-electron chi connectivity index (χ4n) is 2.14. The Balaban J connectivity index is 2.17. The number of thiazole rings is 1. The fraction of sp³-hybridized carbons (Fsp3) is 0.250. The smallest absolute Gasteiger partial charge is 0.350 e. The molecule has 0 saturated carbocycles. The van der Waals surface area contributed by atoms with Gasteiger partial charge in [0, 0.05) is 11.8 Å². The molecule has 2 heterocycles. The Morgan fingerprint density at radius 2 is 2.15 bits per heavy atom. The van der Waals surface area contributed by atoms with Crippen molar-refractivity contribution in [2.75, 3.05) is 11.9 Å². The van der Waals surface area contributed by atoms with Crippen LogP contribution in [0.4, 0.5) is 10.8 Å². The molecule has 10 nitrogen and oxygen atoms in total. The van der Waals surface area contributed by atoms with Gasteiger partial charge < -0.3 is 10.1 Å². The van der Waals surface area contributed by atoms with Crippen LogP contribution in [0, 0.1) is 24.0 Å². The summed E-state index contributed by atoms with van der Waals surface area (Å²) in [5.41, 5.74) is -0.720. The van der Waals surface area contributed by atoms with Gasteiger partial charge in [-0.3, -0.25) is 24.3 Å². The third kappa shape index (κ3) is 4.64. The number of amides is 1. The molecule has 0 radical (unpaired) electrons. The number of ether oxygens (including phenoxy) is 1. The van der Waals surface area contributed by atoms with Gasteiger partial charge in [0.1, 0.15) is 18.0 Å². The molecule has 142 valence electrons. The van der Waals surface area contributed by atoms with E-state index in [9.17, 15) is 24.5 Å². The van der Waals surface area contributed by atoms with Crippen molar-refractivity contribution in [2.45, 2.75) is 20.4 Å². The summed E-state index contributed by atoms with van der Waals surface area (Å²) in [6.45, 7) is 6.21. The van der Waals surface area contributed by atoms with E-state index in [4.69, 9.17) is 4.74 Å². The Morgan fingerprint density at radius 1 is 1.44 bits per heavy atom. The highest BCUT2D eigenvalue weighted by Crippen LogP contribution is 2.23. The van der Waals surface area contributed by atoms with Crippen molar-refractivity contribution >= 4 is 34.0 Å². The molecule has 0 aliphatic carbocycles. The van der Waals surface area contributed by atoms with Gasteiger partial charge in [-0.2, -0.15) is 0 Å². The highest BCUT2D eigenvalue weighted by Gasteiger charge is 2.20. The first-order valence-corrected chi connectivity index (χ1v) is 8.46. The number of carbonyl (C=O) groups is 2. The van der Waals surface area contributed by atoms with Crippen LogP contribution in [0.3, 0.4) is 0 Å². The maximum absolute atomic E-state index is 12.2. The molecule has 0 atom stereocenters. The number of aromatic nitrogens is 2. The zero-order valence-electron chi connectivity index (χ0n) is 14.6. The van der Waals surface area contributed by atoms with Crippen molar-refractivity contribution < 1.29 is 19.2 Å². The van der Waals surface area contributed by atoms with E-state index in [-0.39, 0.29) is 16.6 Å². The molecule has 0 bridgehead atoms. The van der Waals surface area contributed by atoms with Crippen molar-refractivity contribution in [1.82, 2.24) is 9.55 Å². The first-order valence-electron chi connectivity index (χ1n) is 7.64. The lowest BCUT2D eigenvalue weighted by atomic mass is 10.3. The predicted molar refractivity (Wildman–Crippen MR) is 98.1 cm³/mol. The standard InChI is InChI=1S/C16H16N4O6S/c1-4-7-26-15(23)13-10(3)17-16(27-13)18-12(21)8-19-9(2)5-6-11(14(19)22)20(24)25/h4-6H,1,7-8H2,2-3H3,(H,17,18,21). The minimum absolute atomic E-state index is 0.0485. The van der Waals surface area contributed by atoms with E-state index < -0.39 is 34.6 Å². The third-order valence-electron chi connectivity index (χ3n) is 3.43. The van der Waals surface area contributed by atoms with Gasteiger partial charge in [0.05, 0.1) is 10.6 Å². The first-order chi connectivity index (χ1) is 12.7. The predicted octanol–water partition coefficient (Wildman–Crippen LogP) is 1.81. The highest BCUT2D eigenvalue weighted by atomic mass is 32.1. The first kappa shape index (κ1) is 20.0.